The van der Waals surface area contributed by atoms with Gasteiger partial charge in [-0.3, -0.25) is 9.59 Å². The van der Waals surface area contributed by atoms with E-state index in [1.165, 1.54) is 0 Å². The minimum atomic E-state index is -0.540. The molecule has 3 N–H and O–H groups in total. The van der Waals surface area contributed by atoms with Crippen LogP contribution in [-0.4, -0.2) is 30.9 Å². The van der Waals surface area contributed by atoms with Crippen LogP contribution in [0.4, 0.5) is 5.69 Å². The minimum Gasteiger partial charge on any atom is -0.385 e. The van der Waals surface area contributed by atoms with Gasteiger partial charge in [0.15, 0.2) is 0 Å². The third-order valence-electron chi connectivity index (χ3n) is 3.02. The first-order valence-electron chi connectivity index (χ1n) is 7.51. The fourth-order valence-corrected chi connectivity index (χ4v) is 1.76. The number of amides is 2. The van der Waals surface area contributed by atoms with E-state index in [1.54, 1.807) is 19.1 Å². The average Bonchev–Trinajstić information content (AvgIpc) is 2.50. The molecule has 0 aromatic heterocycles. The van der Waals surface area contributed by atoms with Gasteiger partial charge in [-0.2, -0.15) is 0 Å². The Morgan fingerprint density at radius 1 is 1.05 bits per heavy atom. The summed E-state index contributed by atoms with van der Waals surface area (Å²) in [6, 6.07) is 6.70. The molecule has 1 unspecified atom stereocenters. The second-order valence-corrected chi connectivity index (χ2v) is 4.99. The Labute approximate surface area is 126 Å². The molecule has 0 saturated carbocycles. The van der Waals surface area contributed by atoms with Crippen LogP contribution in [0.2, 0.25) is 0 Å². The Balaban J connectivity index is 2.53. The van der Waals surface area contributed by atoms with Gasteiger partial charge < -0.3 is 16.0 Å². The summed E-state index contributed by atoms with van der Waals surface area (Å²) >= 11 is 0. The number of benzene rings is 1. The molecular formula is C16H25N3O2. The van der Waals surface area contributed by atoms with Crippen LogP contribution >= 0.6 is 0 Å². The van der Waals surface area contributed by atoms with Crippen LogP contribution in [0.5, 0.6) is 0 Å². The first-order valence-corrected chi connectivity index (χ1v) is 7.51. The normalized spacial score (nSPS) is 11.6. The van der Waals surface area contributed by atoms with Gasteiger partial charge >= 0.3 is 0 Å². The fraction of sp³-hybridized carbons (Fsp3) is 0.500. The third kappa shape index (κ3) is 5.85. The van der Waals surface area contributed by atoms with Crippen LogP contribution in [0.15, 0.2) is 24.3 Å². The highest BCUT2D eigenvalue weighted by Gasteiger charge is 2.15. The zero-order valence-electron chi connectivity index (χ0n) is 13.0. The van der Waals surface area contributed by atoms with E-state index < -0.39 is 6.04 Å². The number of carbonyl (C=O) groups is 2. The van der Waals surface area contributed by atoms with E-state index in [4.69, 9.17) is 0 Å². The maximum atomic E-state index is 12.0. The monoisotopic (exact) mass is 291 g/mol. The summed E-state index contributed by atoms with van der Waals surface area (Å²) in [4.78, 5) is 23.8. The van der Waals surface area contributed by atoms with E-state index in [-0.39, 0.29) is 11.8 Å². The molecule has 21 heavy (non-hydrogen) atoms. The zero-order valence-corrected chi connectivity index (χ0v) is 13.0. The smallest absolute Gasteiger partial charge is 0.251 e. The van der Waals surface area contributed by atoms with Crippen molar-refractivity contribution in [2.24, 2.45) is 0 Å². The van der Waals surface area contributed by atoms with Gasteiger partial charge in [-0.25, -0.2) is 0 Å². The minimum absolute atomic E-state index is 0.161. The number of anilines is 1. The Bertz CT molecular complexity index is 457. The van der Waals surface area contributed by atoms with Gasteiger partial charge in [-0.05, 0) is 44.0 Å². The van der Waals surface area contributed by atoms with E-state index in [1.807, 2.05) is 19.1 Å². The second-order valence-electron chi connectivity index (χ2n) is 4.99. The summed E-state index contributed by atoms with van der Waals surface area (Å²) < 4.78 is 0. The highest BCUT2D eigenvalue weighted by Crippen LogP contribution is 2.09. The van der Waals surface area contributed by atoms with Crippen molar-refractivity contribution in [1.82, 2.24) is 10.6 Å². The summed E-state index contributed by atoms with van der Waals surface area (Å²) in [5.74, 6) is -0.400. The lowest BCUT2D eigenvalue weighted by molar-refractivity contribution is -0.122. The van der Waals surface area contributed by atoms with Crippen molar-refractivity contribution in [3.8, 4) is 0 Å². The lowest BCUT2D eigenvalue weighted by Crippen LogP contribution is -2.44. The molecule has 0 heterocycles. The highest BCUT2D eigenvalue weighted by molar-refractivity contribution is 5.97. The summed E-state index contributed by atoms with van der Waals surface area (Å²) in [7, 11) is 0. The molecule has 0 aliphatic heterocycles. The first kappa shape index (κ1) is 17.0. The van der Waals surface area contributed by atoms with Crippen molar-refractivity contribution in [2.75, 3.05) is 18.4 Å². The van der Waals surface area contributed by atoms with Crippen LogP contribution < -0.4 is 16.0 Å². The summed E-state index contributed by atoms with van der Waals surface area (Å²) in [6.45, 7) is 7.29. The third-order valence-corrected chi connectivity index (χ3v) is 3.02. The summed E-state index contributed by atoms with van der Waals surface area (Å²) in [5, 5.41) is 8.70. The molecule has 5 nitrogen and oxygen atoms in total. The van der Waals surface area contributed by atoms with Crippen molar-refractivity contribution in [3.05, 3.63) is 29.8 Å². The molecule has 0 bridgehead atoms. The quantitative estimate of drug-likeness (QED) is 0.687. The predicted octanol–water partition coefficient (Wildman–Crippen LogP) is 2.15. The van der Waals surface area contributed by atoms with Crippen molar-refractivity contribution in [3.63, 3.8) is 0 Å². The molecule has 0 spiro atoms. The number of carbonyl (C=O) groups excluding carboxylic acids is 2. The second kappa shape index (κ2) is 9.00. The zero-order chi connectivity index (χ0) is 15.7. The van der Waals surface area contributed by atoms with Gasteiger partial charge in [0.25, 0.3) is 5.91 Å². The summed E-state index contributed by atoms with van der Waals surface area (Å²) in [6.07, 6.45) is 1.92. The van der Waals surface area contributed by atoms with Gasteiger partial charge in [0.2, 0.25) is 5.91 Å². The number of hydrogen-bond acceptors (Lipinski definition) is 3. The van der Waals surface area contributed by atoms with Gasteiger partial charge in [0, 0.05) is 24.3 Å². The Hall–Kier alpha value is -2.04. The van der Waals surface area contributed by atoms with E-state index in [9.17, 15) is 9.59 Å². The molecule has 0 aliphatic carbocycles. The topological polar surface area (TPSA) is 70.2 Å². The molecule has 1 atom stereocenters. The Morgan fingerprint density at radius 3 is 2.24 bits per heavy atom. The van der Waals surface area contributed by atoms with Crippen molar-refractivity contribution < 1.29 is 9.59 Å². The first-order chi connectivity index (χ1) is 10.1. The largest absolute Gasteiger partial charge is 0.385 e. The van der Waals surface area contributed by atoms with Crippen molar-refractivity contribution in [1.29, 1.82) is 0 Å². The molecule has 0 fully saturated rings. The average molecular weight is 291 g/mol. The molecule has 1 aromatic rings. The summed E-state index contributed by atoms with van der Waals surface area (Å²) in [5.41, 5.74) is 1.54. The van der Waals surface area contributed by atoms with E-state index in [0.717, 1.165) is 25.1 Å². The number of nitrogens with one attached hydrogen (secondary N) is 3. The van der Waals surface area contributed by atoms with Crippen LogP contribution in [0, 0.1) is 0 Å². The number of rotatable bonds is 8. The Kier molecular flexibility index (Phi) is 7.29. The maximum absolute atomic E-state index is 12.0. The lowest BCUT2D eigenvalue weighted by Gasteiger charge is -2.14. The lowest BCUT2D eigenvalue weighted by atomic mass is 10.1. The van der Waals surface area contributed by atoms with E-state index in [2.05, 4.69) is 22.9 Å². The molecule has 0 saturated heterocycles. The van der Waals surface area contributed by atoms with Gasteiger partial charge in [0.05, 0.1) is 0 Å². The molecule has 116 valence electrons. The Morgan fingerprint density at radius 2 is 1.67 bits per heavy atom. The molecule has 1 aromatic carbocycles. The fourth-order valence-electron chi connectivity index (χ4n) is 1.76. The van der Waals surface area contributed by atoms with E-state index >= 15 is 0 Å². The molecule has 0 aliphatic rings. The molecular weight excluding hydrogens is 266 g/mol. The highest BCUT2D eigenvalue weighted by atomic mass is 16.2. The standard InChI is InChI=1S/C16H25N3O2/c1-4-10-17-14-8-6-13(7-9-14)16(21)19-12(3)15(20)18-11-5-2/h6-9,12,17H,4-5,10-11H2,1-3H3,(H,18,20)(H,19,21). The van der Waals surface area contributed by atoms with Crippen LogP contribution in [0.3, 0.4) is 0 Å². The van der Waals surface area contributed by atoms with Crippen LogP contribution in [0.1, 0.15) is 44.0 Å². The molecule has 0 radical (unpaired) electrons. The van der Waals surface area contributed by atoms with Crippen molar-refractivity contribution >= 4 is 17.5 Å². The maximum Gasteiger partial charge on any atom is 0.251 e. The predicted molar refractivity (Wildman–Crippen MR) is 85.5 cm³/mol. The van der Waals surface area contributed by atoms with Gasteiger partial charge in [-0.15, -0.1) is 0 Å². The molecule has 5 heteroatoms. The SMILES string of the molecule is CCCNC(=O)C(C)NC(=O)c1ccc(NCCC)cc1. The van der Waals surface area contributed by atoms with Crippen LogP contribution in [0.25, 0.3) is 0 Å². The van der Waals surface area contributed by atoms with E-state index in [0.29, 0.717) is 12.1 Å². The van der Waals surface area contributed by atoms with Crippen molar-refractivity contribution in [2.45, 2.75) is 39.7 Å². The van der Waals surface area contributed by atoms with Gasteiger partial charge in [-0.1, -0.05) is 13.8 Å². The van der Waals surface area contributed by atoms with Crippen LogP contribution in [-0.2, 0) is 4.79 Å². The molecule has 1 rings (SSSR count). The number of hydrogen-bond donors (Lipinski definition) is 3. The van der Waals surface area contributed by atoms with Gasteiger partial charge in [0.1, 0.15) is 6.04 Å². The molecule has 2 amide bonds.